The summed E-state index contributed by atoms with van der Waals surface area (Å²) in [6.45, 7) is 3.01. The molecular weight excluding hydrogens is 370 g/mol. The third-order valence-corrected chi connectivity index (χ3v) is 4.00. The Kier molecular flexibility index (Phi) is 5.43. The predicted octanol–water partition coefficient (Wildman–Crippen LogP) is 2.77. The fourth-order valence-electron chi connectivity index (χ4n) is 2.88. The van der Waals surface area contributed by atoms with Crippen molar-refractivity contribution < 1.29 is 23.0 Å². The van der Waals surface area contributed by atoms with Crippen molar-refractivity contribution in [2.24, 2.45) is 5.73 Å². The summed E-state index contributed by atoms with van der Waals surface area (Å²) in [6.07, 6.45) is 1.98. The van der Waals surface area contributed by atoms with E-state index >= 15 is 0 Å². The van der Waals surface area contributed by atoms with Gasteiger partial charge in [0.05, 0.1) is 11.3 Å². The molecule has 3 N–H and O–H groups in total. The Labute approximate surface area is 160 Å². The highest BCUT2D eigenvalue weighted by molar-refractivity contribution is 6.24. The van der Waals surface area contributed by atoms with Crippen LogP contribution in [0.2, 0.25) is 0 Å². The Bertz CT molecular complexity index is 902. The van der Waals surface area contributed by atoms with E-state index in [2.05, 4.69) is 15.3 Å². The number of alkyl halides is 2. The molecule has 1 aliphatic heterocycles. The van der Waals surface area contributed by atoms with Crippen molar-refractivity contribution in [1.82, 2.24) is 9.97 Å². The minimum absolute atomic E-state index is 0.0393. The Morgan fingerprint density at radius 3 is 2.75 bits per heavy atom. The summed E-state index contributed by atoms with van der Waals surface area (Å²) >= 11 is 0. The molecule has 0 atom stereocenters. The number of ether oxygens (including phenoxy) is 2. The molecule has 0 bridgehead atoms. The smallest absolute Gasteiger partial charge is 0.272 e. The van der Waals surface area contributed by atoms with Crippen molar-refractivity contribution in [3.05, 3.63) is 48.2 Å². The lowest BCUT2D eigenvalue weighted by Gasteiger charge is -2.17. The van der Waals surface area contributed by atoms with Crippen LogP contribution < -0.4 is 20.5 Å². The number of hydrogen-bond donors (Lipinski definition) is 2. The van der Waals surface area contributed by atoms with Crippen LogP contribution in [0.25, 0.3) is 5.57 Å². The number of nitrogens with two attached hydrogens (primary N) is 1. The molecule has 0 radical (unpaired) electrons. The Balaban J connectivity index is 1.90. The van der Waals surface area contributed by atoms with Crippen LogP contribution >= 0.6 is 0 Å². The molecule has 0 unspecified atom stereocenters. The van der Waals surface area contributed by atoms with Gasteiger partial charge < -0.3 is 20.5 Å². The second kappa shape index (κ2) is 7.79. The topological polar surface area (TPSA) is 99.4 Å². The van der Waals surface area contributed by atoms with Crippen molar-refractivity contribution in [3.63, 3.8) is 0 Å². The van der Waals surface area contributed by atoms with E-state index in [0.717, 1.165) is 11.8 Å². The number of carbonyl (C=O) groups is 1. The molecule has 1 amide bonds. The highest BCUT2D eigenvalue weighted by Gasteiger charge is 2.32. The zero-order chi connectivity index (χ0) is 20.3. The molecule has 0 saturated heterocycles. The van der Waals surface area contributed by atoms with Crippen LogP contribution in [0.1, 0.15) is 25.2 Å². The number of anilines is 1. The summed E-state index contributed by atoms with van der Waals surface area (Å²) in [5, 5.41) is 2.65. The Morgan fingerprint density at radius 1 is 1.39 bits per heavy atom. The fraction of sp³-hybridized carbons (Fsp3) is 0.316. The lowest BCUT2D eigenvalue weighted by atomic mass is 10.0. The molecule has 3 rings (SSSR count). The van der Waals surface area contributed by atoms with Crippen LogP contribution in [0, 0.1) is 0 Å². The van der Waals surface area contributed by atoms with Gasteiger partial charge in [0.25, 0.3) is 12.3 Å². The van der Waals surface area contributed by atoms with Crippen molar-refractivity contribution in [2.75, 3.05) is 11.9 Å². The van der Waals surface area contributed by atoms with Gasteiger partial charge in [0.1, 0.15) is 23.7 Å². The number of nitrogens with zero attached hydrogens (tertiary/aromatic N) is 2. The van der Waals surface area contributed by atoms with Gasteiger partial charge in [0.15, 0.2) is 5.82 Å². The number of nitrogens with one attached hydrogen (secondary N) is 1. The molecule has 2 aromatic rings. The van der Waals surface area contributed by atoms with Crippen LogP contribution in [0.5, 0.6) is 11.5 Å². The quantitative estimate of drug-likeness (QED) is 0.736. The largest absolute Gasteiger partial charge is 0.487 e. The Hall–Kier alpha value is -3.23. The number of carbonyl (C=O) groups excluding carboxylic acids is 1. The van der Waals surface area contributed by atoms with E-state index in [4.69, 9.17) is 15.2 Å². The summed E-state index contributed by atoms with van der Waals surface area (Å²) < 4.78 is 36.3. The van der Waals surface area contributed by atoms with Gasteiger partial charge in [-0.25, -0.2) is 18.7 Å². The van der Waals surface area contributed by atoms with Gasteiger partial charge in [-0.2, -0.15) is 0 Å². The van der Waals surface area contributed by atoms with Crippen molar-refractivity contribution in [1.29, 1.82) is 0 Å². The van der Waals surface area contributed by atoms with Crippen LogP contribution in [0.3, 0.4) is 0 Å². The molecule has 0 saturated carbocycles. The first-order valence-electron chi connectivity index (χ1n) is 8.56. The minimum atomic E-state index is -2.66. The molecule has 0 spiro atoms. The summed E-state index contributed by atoms with van der Waals surface area (Å²) in [4.78, 5) is 20.7. The van der Waals surface area contributed by atoms with E-state index in [1.165, 1.54) is 18.5 Å². The van der Waals surface area contributed by atoms with Crippen molar-refractivity contribution >= 4 is 17.2 Å². The lowest BCUT2D eigenvalue weighted by Crippen LogP contribution is -2.24. The van der Waals surface area contributed by atoms with Crippen LogP contribution in [0.4, 0.5) is 14.5 Å². The number of fused-ring (bicyclic) bond motifs is 1. The second-order valence-electron chi connectivity index (χ2n) is 6.80. The highest BCUT2D eigenvalue weighted by Crippen LogP contribution is 2.41. The summed E-state index contributed by atoms with van der Waals surface area (Å²) in [7, 11) is 0. The van der Waals surface area contributed by atoms with Gasteiger partial charge in [-0.3, -0.25) is 4.79 Å². The van der Waals surface area contributed by atoms with E-state index in [9.17, 15) is 13.6 Å². The number of aromatic nitrogens is 2. The van der Waals surface area contributed by atoms with Gasteiger partial charge in [-0.05, 0) is 26.0 Å². The van der Waals surface area contributed by atoms with E-state index in [-0.39, 0.29) is 22.8 Å². The standard InChI is InChI=1S/C19H20F2N4O3/c1-19(2)8-11-6-13(15(7-14(11)28-19)27-10-16(20)21)25-18(26)12(9-22)17-23-4-3-5-24-17/h3-7,9,16H,8,10,22H2,1-2H3,(H,25,26). The minimum Gasteiger partial charge on any atom is -0.487 e. The summed E-state index contributed by atoms with van der Waals surface area (Å²) in [5.41, 5.74) is 6.24. The van der Waals surface area contributed by atoms with Crippen LogP contribution in [-0.4, -0.2) is 34.5 Å². The molecule has 148 valence electrons. The molecule has 0 fully saturated rings. The van der Waals surface area contributed by atoms with Crippen LogP contribution in [0.15, 0.2) is 36.8 Å². The van der Waals surface area contributed by atoms with Gasteiger partial charge >= 0.3 is 0 Å². The van der Waals surface area contributed by atoms with Gasteiger partial charge in [0, 0.05) is 36.6 Å². The zero-order valence-electron chi connectivity index (χ0n) is 15.4. The number of amides is 1. The maximum Gasteiger partial charge on any atom is 0.272 e. The fourth-order valence-corrected chi connectivity index (χ4v) is 2.88. The van der Waals surface area contributed by atoms with E-state index in [1.807, 2.05) is 13.8 Å². The normalized spacial score (nSPS) is 15.1. The molecule has 28 heavy (non-hydrogen) atoms. The van der Waals surface area contributed by atoms with Gasteiger partial charge in [-0.1, -0.05) is 0 Å². The number of rotatable bonds is 6. The second-order valence-corrected chi connectivity index (χ2v) is 6.80. The number of hydrogen-bond acceptors (Lipinski definition) is 6. The van der Waals surface area contributed by atoms with E-state index < -0.39 is 24.5 Å². The van der Waals surface area contributed by atoms with Crippen molar-refractivity contribution in [3.8, 4) is 11.5 Å². The number of halogens is 2. The highest BCUT2D eigenvalue weighted by atomic mass is 19.3. The molecule has 1 aliphatic rings. The van der Waals surface area contributed by atoms with E-state index in [1.54, 1.807) is 12.1 Å². The SMILES string of the molecule is CC1(C)Cc2cc(NC(=O)C(=CN)c3ncccn3)c(OCC(F)F)cc2O1. The summed E-state index contributed by atoms with van der Waals surface area (Å²) in [5.74, 6) is 0.167. The first kappa shape index (κ1) is 19.5. The first-order valence-corrected chi connectivity index (χ1v) is 8.56. The maximum absolute atomic E-state index is 12.7. The molecule has 9 heteroatoms. The number of benzene rings is 1. The zero-order valence-corrected chi connectivity index (χ0v) is 15.4. The predicted molar refractivity (Wildman–Crippen MR) is 99.2 cm³/mol. The molecular formula is C19H20F2N4O3. The Morgan fingerprint density at radius 2 is 2.11 bits per heavy atom. The van der Waals surface area contributed by atoms with Gasteiger partial charge in [-0.15, -0.1) is 0 Å². The molecule has 0 aliphatic carbocycles. The van der Waals surface area contributed by atoms with Crippen molar-refractivity contribution in [2.45, 2.75) is 32.3 Å². The third kappa shape index (κ3) is 4.36. The molecule has 1 aromatic heterocycles. The van der Waals surface area contributed by atoms with E-state index in [0.29, 0.717) is 12.2 Å². The molecule has 1 aromatic carbocycles. The summed E-state index contributed by atoms with van der Waals surface area (Å²) in [6, 6.07) is 4.77. The monoisotopic (exact) mass is 390 g/mol. The van der Waals surface area contributed by atoms with Crippen LogP contribution in [-0.2, 0) is 11.2 Å². The maximum atomic E-state index is 12.7. The average Bonchev–Trinajstić information content (AvgIpc) is 2.94. The average molecular weight is 390 g/mol. The third-order valence-electron chi connectivity index (χ3n) is 4.00. The lowest BCUT2D eigenvalue weighted by molar-refractivity contribution is -0.111. The van der Waals surface area contributed by atoms with Gasteiger partial charge in [0.2, 0.25) is 0 Å². The molecule has 7 nitrogen and oxygen atoms in total. The molecule has 2 heterocycles. The first-order chi connectivity index (χ1) is 13.3.